The molecule has 1 aromatic heterocycles. The topological polar surface area (TPSA) is 28.6 Å². The van der Waals surface area contributed by atoms with Gasteiger partial charge >= 0.3 is 0 Å². The zero-order valence-electron chi connectivity index (χ0n) is 10.8. The van der Waals surface area contributed by atoms with Crippen LogP contribution >= 0.6 is 11.6 Å². The molecule has 100 valence electrons. The first-order valence-electron chi connectivity index (χ1n) is 6.32. The fourth-order valence-corrected chi connectivity index (χ4v) is 2.42. The van der Waals surface area contributed by atoms with Crippen LogP contribution in [0, 0.1) is 0 Å². The van der Waals surface area contributed by atoms with E-state index >= 15 is 0 Å². The van der Waals surface area contributed by atoms with Crippen LogP contribution in [0.2, 0.25) is 0 Å². The van der Waals surface area contributed by atoms with Gasteiger partial charge in [0.2, 0.25) is 5.88 Å². The number of rotatable bonds is 5. The van der Waals surface area contributed by atoms with Crippen molar-refractivity contribution in [2.45, 2.75) is 6.54 Å². The van der Waals surface area contributed by atoms with Crippen LogP contribution < -0.4 is 4.74 Å². The number of halogens is 1. The zero-order chi connectivity index (χ0) is 12.8. The van der Waals surface area contributed by atoms with Crippen molar-refractivity contribution in [2.24, 2.45) is 0 Å². The third-order valence-corrected chi connectivity index (χ3v) is 3.41. The summed E-state index contributed by atoms with van der Waals surface area (Å²) in [5.74, 6) is 1.41. The highest BCUT2D eigenvalue weighted by Gasteiger charge is 2.16. The van der Waals surface area contributed by atoms with Crippen LogP contribution in [0.5, 0.6) is 5.88 Å². The van der Waals surface area contributed by atoms with Gasteiger partial charge in [-0.3, -0.25) is 9.80 Å². The van der Waals surface area contributed by atoms with Crippen molar-refractivity contribution in [1.29, 1.82) is 0 Å². The Morgan fingerprint density at radius 2 is 1.94 bits per heavy atom. The van der Waals surface area contributed by atoms with Crippen molar-refractivity contribution in [1.82, 2.24) is 14.8 Å². The van der Waals surface area contributed by atoms with Crippen molar-refractivity contribution >= 4 is 11.6 Å². The number of ether oxygens (including phenoxy) is 1. The maximum atomic E-state index is 5.76. The monoisotopic (exact) mass is 269 g/mol. The first-order chi connectivity index (χ1) is 8.81. The Bertz CT molecular complexity index is 367. The minimum atomic E-state index is 0.688. The second kappa shape index (κ2) is 6.92. The van der Waals surface area contributed by atoms with E-state index in [0.717, 1.165) is 50.8 Å². The van der Waals surface area contributed by atoms with Crippen molar-refractivity contribution in [3.8, 4) is 5.88 Å². The van der Waals surface area contributed by atoms with Crippen LogP contribution in [-0.2, 0) is 6.54 Å². The van der Waals surface area contributed by atoms with Gasteiger partial charge in [-0.05, 0) is 6.07 Å². The van der Waals surface area contributed by atoms with Gasteiger partial charge in [-0.15, -0.1) is 11.6 Å². The molecule has 0 radical (unpaired) electrons. The van der Waals surface area contributed by atoms with Gasteiger partial charge in [0.05, 0.1) is 12.8 Å². The average Bonchev–Trinajstić information content (AvgIpc) is 2.42. The van der Waals surface area contributed by atoms with E-state index in [1.54, 1.807) is 7.11 Å². The maximum Gasteiger partial charge on any atom is 0.213 e. The second-order valence-electron chi connectivity index (χ2n) is 4.48. The molecule has 0 bridgehead atoms. The van der Waals surface area contributed by atoms with Crippen LogP contribution in [-0.4, -0.2) is 60.5 Å². The fraction of sp³-hybridized carbons (Fsp3) is 0.615. The van der Waals surface area contributed by atoms with Gasteiger partial charge in [-0.25, -0.2) is 4.98 Å². The van der Waals surface area contributed by atoms with E-state index < -0.39 is 0 Å². The molecule has 0 aliphatic carbocycles. The molecule has 0 N–H and O–H groups in total. The van der Waals surface area contributed by atoms with E-state index in [1.807, 2.05) is 18.2 Å². The molecule has 0 aromatic carbocycles. The molecule has 0 atom stereocenters. The van der Waals surface area contributed by atoms with Gasteiger partial charge < -0.3 is 4.74 Å². The van der Waals surface area contributed by atoms with E-state index in [1.165, 1.54) is 0 Å². The predicted molar refractivity (Wildman–Crippen MR) is 73.2 cm³/mol. The number of hydrogen-bond donors (Lipinski definition) is 0. The molecular weight excluding hydrogens is 250 g/mol. The molecule has 1 aliphatic rings. The third-order valence-electron chi connectivity index (χ3n) is 3.24. The molecule has 0 unspecified atom stereocenters. The minimum Gasteiger partial charge on any atom is -0.481 e. The lowest BCUT2D eigenvalue weighted by atomic mass is 10.2. The van der Waals surface area contributed by atoms with Gasteiger partial charge in [-0.1, -0.05) is 6.07 Å². The van der Waals surface area contributed by atoms with E-state index in [-0.39, 0.29) is 0 Å². The Hall–Kier alpha value is -0.840. The summed E-state index contributed by atoms with van der Waals surface area (Å²) in [6.07, 6.45) is 0. The lowest BCUT2D eigenvalue weighted by molar-refractivity contribution is 0.131. The molecule has 2 heterocycles. The van der Waals surface area contributed by atoms with Gasteiger partial charge in [0.25, 0.3) is 0 Å². The highest BCUT2D eigenvalue weighted by Crippen LogP contribution is 2.10. The fourth-order valence-electron chi connectivity index (χ4n) is 2.18. The molecule has 0 spiro atoms. The van der Waals surface area contributed by atoms with E-state index in [9.17, 15) is 0 Å². The molecule has 4 nitrogen and oxygen atoms in total. The van der Waals surface area contributed by atoms with E-state index in [2.05, 4.69) is 14.8 Å². The largest absolute Gasteiger partial charge is 0.481 e. The van der Waals surface area contributed by atoms with Crippen LogP contribution in [0.25, 0.3) is 0 Å². The number of nitrogens with zero attached hydrogens (tertiary/aromatic N) is 3. The minimum absolute atomic E-state index is 0.688. The van der Waals surface area contributed by atoms with Crippen LogP contribution in [0.15, 0.2) is 18.2 Å². The molecule has 18 heavy (non-hydrogen) atoms. The smallest absolute Gasteiger partial charge is 0.213 e. The van der Waals surface area contributed by atoms with Gasteiger partial charge in [0, 0.05) is 51.2 Å². The number of methoxy groups -OCH3 is 1. The first kappa shape index (κ1) is 13.6. The molecule has 5 heteroatoms. The zero-order valence-corrected chi connectivity index (χ0v) is 11.6. The maximum absolute atomic E-state index is 5.76. The molecule has 1 saturated heterocycles. The standard InChI is InChI=1S/C13H20ClN3O/c1-18-13-4-2-3-12(15-13)11-17-9-7-16(6-5-14)8-10-17/h2-4H,5-11H2,1H3. The average molecular weight is 270 g/mol. The lowest BCUT2D eigenvalue weighted by Crippen LogP contribution is -2.46. The second-order valence-corrected chi connectivity index (χ2v) is 4.86. The summed E-state index contributed by atoms with van der Waals surface area (Å²) in [6.45, 7) is 6.23. The van der Waals surface area contributed by atoms with Gasteiger partial charge in [0.1, 0.15) is 0 Å². The summed E-state index contributed by atoms with van der Waals surface area (Å²) < 4.78 is 5.14. The molecule has 2 rings (SSSR count). The van der Waals surface area contributed by atoms with Crippen LogP contribution in [0.4, 0.5) is 0 Å². The van der Waals surface area contributed by atoms with E-state index in [0.29, 0.717) is 5.88 Å². The summed E-state index contributed by atoms with van der Waals surface area (Å²) in [5.41, 5.74) is 1.07. The molecule has 1 aromatic rings. The molecular formula is C13H20ClN3O. The molecule has 0 amide bonds. The van der Waals surface area contributed by atoms with Crippen LogP contribution in [0.1, 0.15) is 5.69 Å². The Morgan fingerprint density at radius 3 is 2.61 bits per heavy atom. The van der Waals surface area contributed by atoms with Crippen molar-refractivity contribution in [3.05, 3.63) is 23.9 Å². The highest BCUT2D eigenvalue weighted by molar-refractivity contribution is 6.18. The van der Waals surface area contributed by atoms with Crippen molar-refractivity contribution in [2.75, 3.05) is 45.7 Å². The molecule has 1 aliphatic heterocycles. The Kier molecular flexibility index (Phi) is 5.23. The quantitative estimate of drug-likeness (QED) is 0.757. The van der Waals surface area contributed by atoms with Crippen LogP contribution in [0.3, 0.4) is 0 Å². The SMILES string of the molecule is COc1cccc(CN2CCN(CCCl)CC2)n1. The normalized spacial score (nSPS) is 17.9. The summed E-state index contributed by atoms with van der Waals surface area (Å²) >= 11 is 5.76. The Labute approximate surface area is 114 Å². The Balaban J connectivity index is 1.83. The number of alkyl halides is 1. The third kappa shape index (κ3) is 3.83. The molecule has 0 saturated carbocycles. The van der Waals surface area contributed by atoms with Gasteiger partial charge in [-0.2, -0.15) is 0 Å². The number of pyridine rings is 1. The van der Waals surface area contributed by atoms with Crippen molar-refractivity contribution < 1.29 is 4.74 Å². The molecule has 1 fully saturated rings. The summed E-state index contributed by atoms with van der Waals surface area (Å²) in [6, 6.07) is 5.92. The van der Waals surface area contributed by atoms with Crippen molar-refractivity contribution in [3.63, 3.8) is 0 Å². The lowest BCUT2D eigenvalue weighted by Gasteiger charge is -2.34. The van der Waals surface area contributed by atoms with E-state index in [4.69, 9.17) is 16.3 Å². The summed E-state index contributed by atoms with van der Waals surface area (Å²) in [4.78, 5) is 9.27. The number of piperazine rings is 1. The Morgan fingerprint density at radius 1 is 1.22 bits per heavy atom. The predicted octanol–water partition coefficient (Wildman–Crippen LogP) is 1.45. The first-order valence-corrected chi connectivity index (χ1v) is 6.86. The summed E-state index contributed by atoms with van der Waals surface area (Å²) in [7, 11) is 1.65. The summed E-state index contributed by atoms with van der Waals surface area (Å²) in [5, 5.41) is 0. The highest BCUT2D eigenvalue weighted by atomic mass is 35.5. The van der Waals surface area contributed by atoms with Gasteiger partial charge in [0.15, 0.2) is 0 Å². The number of aromatic nitrogens is 1. The number of hydrogen-bond acceptors (Lipinski definition) is 4.